The van der Waals surface area contributed by atoms with Gasteiger partial charge in [-0.1, -0.05) is 177 Å². The third-order valence-corrected chi connectivity index (χ3v) is 9.40. The Bertz CT molecular complexity index is 861. The third-order valence-electron chi connectivity index (χ3n) is 9.40. The van der Waals surface area contributed by atoms with Crippen LogP contribution in [-0.2, 0) is 25.4 Å². The van der Waals surface area contributed by atoms with Crippen molar-refractivity contribution in [2.45, 2.75) is 153 Å². The Morgan fingerprint density at radius 3 is 1.15 bits per heavy atom. The van der Waals surface area contributed by atoms with Crippen molar-refractivity contribution in [2.24, 2.45) is 0 Å². The standard InChI is InChI=1S/C38H58O3/c1-3-5-7-9-11-13-15-23-29-37(35-31-39-35,33-25-19-17-20-26-33)41-38(36-32-40-36,34-27-21-18-22-28-34)30-24-16-14-12-10-8-6-4-2/h17-22,25-28,35-36H,3-16,23-24,29-32H2,1-2H3. The van der Waals surface area contributed by atoms with Gasteiger partial charge in [-0.15, -0.1) is 0 Å². The zero-order valence-electron chi connectivity index (χ0n) is 26.3. The van der Waals surface area contributed by atoms with Crippen LogP contribution in [0.4, 0.5) is 0 Å². The molecule has 0 saturated carbocycles. The monoisotopic (exact) mass is 562 g/mol. The first kappa shape index (κ1) is 32.2. The number of rotatable bonds is 24. The predicted octanol–water partition coefficient (Wildman–Crippen LogP) is 10.7. The molecule has 2 saturated heterocycles. The number of benzene rings is 2. The molecule has 2 aromatic carbocycles. The van der Waals surface area contributed by atoms with Gasteiger partial charge in [0, 0.05) is 0 Å². The maximum atomic E-state index is 7.72. The molecule has 4 atom stereocenters. The lowest BCUT2D eigenvalue weighted by Crippen LogP contribution is -2.48. The summed E-state index contributed by atoms with van der Waals surface area (Å²) in [7, 11) is 0. The number of ether oxygens (including phenoxy) is 3. The Hall–Kier alpha value is -1.68. The van der Waals surface area contributed by atoms with Crippen LogP contribution in [0.15, 0.2) is 60.7 Å². The molecule has 0 bridgehead atoms. The third kappa shape index (κ3) is 9.66. The van der Waals surface area contributed by atoms with E-state index in [4.69, 9.17) is 14.2 Å². The molecule has 0 aromatic heterocycles. The minimum absolute atomic E-state index is 0.106. The molecule has 2 aromatic rings. The van der Waals surface area contributed by atoms with Gasteiger partial charge in [0.2, 0.25) is 0 Å². The van der Waals surface area contributed by atoms with Crippen molar-refractivity contribution in [1.29, 1.82) is 0 Å². The van der Waals surface area contributed by atoms with Crippen LogP contribution in [0.2, 0.25) is 0 Å². The van der Waals surface area contributed by atoms with E-state index in [1.165, 1.54) is 101 Å². The molecule has 228 valence electrons. The number of hydrogen-bond acceptors (Lipinski definition) is 3. The summed E-state index contributed by atoms with van der Waals surface area (Å²) in [4.78, 5) is 0. The molecule has 4 unspecified atom stereocenters. The highest BCUT2D eigenvalue weighted by molar-refractivity contribution is 5.30. The van der Waals surface area contributed by atoms with Crippen LogP contribution < -0.4 is 0 Å². The van der Waals surface area contributed by atoms with E-state index < -0.39 is 11.2 Å². The highest BCUT2D eigenvalue weighted by atomic mass is 16.6. The summed E-state index contributed by atoms with van der Waals surface area (Å²) in [6.07, 6.45) is 23.2. The summed E-state index contributed by atoms with van der Waals surface area (Å²) >= 11 is 0. The van der Waals surface area contributed by atoms with Crippen LogP contribution in [0.1, 0.15) is 141 Å². The number of unbranched alkanes of at least 4 members (excludes halogenated alkanes) is 14. The molecule has 3 heteroatoms. The summed E-state index contributed by atoms with van der Waals surface area (Å²) in [6, 6.07) is 22.0. The highest BCUT2D eigenvalue weighted by Gasteiger charge is 2.58. The Morgan fingerprint density at radius 2 is 0.829 bits per heavy atom. The molecular weight excluding hydrogens is 504 g/mol. The Kier molecular flexibility index (Phi) is 13.7. The van der Waals surface area contributed by atoms with Crippen LogP contribution in [0.3, 0.4) is 0 Å². The lowest BCUT2D eigenvalue weighted by atomic mass is 9.80. The van der Waals surface area contributed by atoms with Crippen LogP contribution in [-0.4, -0.2) is 25.4 Å². The average molecular weight is 563 g/mol. The molecule has 0 amide bonds. The fourth-order valence-electron chi connectivity index (χ4n) is 6.78. The summed E-state index contributed by atoms with van der Waals surface area (Å²) in [5.41, 5.74) is 1.63. The van der Waals surface area contributed by atoms with Crippen molar-refractivity contribution < 1.29 is 14.2 Å². The molecule has 4 rings (SSSR count). The van der Waals surface area contributed by atoms with Crippen molar-refractivity contribution in [3.05, 3.63) is 71.8 Å². The molecule has 3 nitrogen and oxygen atoms in total. The van der Waals surface area contributed by atoms with Gasteiger partial charge >= 0.3 is 0 Å². The van der Waals surface area contributed by atoms with E-state index in [0.717, 1.165) is 38.9 Å². The summed E-state index contributed by atoms with van der Waals surface area (Å²) < 4.78 is 20.0. The second kappa shape index (κ2) is 17.4. The molecule has 0 spiro atoms. The molecule has 0 radical (unpaired) electrons. The Morgan fingerprint density at radius 1 is 0.512 bits per heavy atom. The van der Waals surface area contributed by atoms with Crippen molar-refractivity contribution in [3.63, 3.8) is 0 Å². The van der Waals surface area contributed by atoms with Gasteiger partial charge in [0.25, 0.3) is 0 Å². The van der Waals surface area contributed by atoms with E-state index in [1.54, 1.807) is 0 Å². The first-order valence-corrected chi connectivity index (χ1v) is 17.3. The van der Waals surface area contributed by atoms with Crippen molar-refractivity contribution >= 4 is 0 Å². The van der Waals surface area contributed by atoms with Crippen molar-refractivity contribution in [1.82, 2.24) is 0 Å². The maximum absolute atomic E-state index is 7.72. The minimum atomic E-state index is -0.453. The SMILES string of the molecule is CCCCCCCCCCC(OC(CCCCCCCCCC)(c1ccccc1)C1CO1)(c1ccccc1)C1CO1. The van der Waals surface area contributed by atoms with Crippen LogP contribution in [0.25, 0.3) is 0 Å². The molecule has 0 aliphatic carbocycles. The normalized spacial score (nSPS) is 20.8. The van der Waals surface area contributed by atoms with Gasteiger partial charge < -0.3 is 14.2 Å². The topological polar surface area (TPSA) is 34.3 Å². The number of hydrogen-bond donors (Lipinski definition) is 0. The van der Waals surface area contributed by atoms with Gasteiger partial charge in [-0.3, -0.25) is 0 Å². The van der Waals surface area contributed by atoms with Crippen LogP contribution in [0.5, 0.6) is 0 Å². The van der Waals surface area contributed by atoms with E-state index in [9.17, 15) is 0 Å². The molecule has 2 aliphatic rings. The molecule has 2 fully saturated rings. The van der Waals surface area contributed by atoms with Gasteiger partial charge in [0.1, 0.15) is 23.4 Å². The fourth-order valence-corrected chi connectivity index (χ4v) is 6.78. The van der Waals surface area contributed by atoms with E-state index in [-0.39, 0.29) is 12.2 Å². The maximum Gasteiger partial charge on any atom is 0.123 e. The van der Waals surface area contributed by atoms with Gasteiger partial charge in [0.05, 0.1) is 13.2 Å². The van der Waals surface area contributed by atoms with E-state index >= 15 is 0 Å². The molecule has 2 heterocycles. The zero-order chi connectivity index (χ0) is 28.6. The first-order chi connectivity index (χ1) is 20.2. The van der Waals surface area contributed by atoms with Gasteiger partial charge in [-0.05, 0) is 24.0 Å². The van der Waals surface area contributed by atoms with Crippen LogP contribution in [0, 0.1) is 0 Å². The fraction of sp³-hybridized carbons (Fsp3) is 0.684. The minimum Gasteiger partial charge on any atom is -0.370 e. The molecule has 41 heavy (non-hydrogen) atoms. The zero-order valence-corrected chi connectivity index (χ0v) is 26.3. The van der Waals surface area contributed by atoms with Crippen molar-refractivity contribution in [2.75, 3.05) is 13.2 Å². The lowest BCUT2D eigenvalue weighted by molar-refractivity contribution is -0.197. The second-order valence-electron chi connectivity index (χ2n) is 12.7. The Balaban J connectivity index is 1.51. The first-order valence-electron chi connectivity index (χ1n) is 17.3. The largest absolute Gasteiger partial charge is 0.370 e. The highest BCUT2D eigenvalue weighted by Crippen LogP contribution is 2.52. The van der Waals surface area contributed by atoms with E-state index in [2.05, 4.69) is 74.5 Å². The predicted molar refractivity (Wildman–Crippen MR) is 171 cm³/mol. The number of epoxide rings is 2. The van der Waals surface area contributed by atoms with Gasteiger partial charge in [0.15, 0.2) is 0 Å². The average Bonchev–Trinajstić information content (AvgIpc) is 3.93. The summed E-state index contributed by atoms with van der Waals surface area (Å²) in [6.45, 7) is 6.14. The van der Waals surface area contributed by atoms with E-state index in [1.807, 2.05) is 0 Å². The Labute approximate surface area is 251 Å². The van der Waals surface area contributed by atoms with Crippen molar-refractivity contribution in [3.8, 4) is 0 Å². The molecule has 2 aliphatic heterocycles. The van der Waals surface area contributed by atoms with Crippen LogP contribution >= 0.6 is 0 Å². The summed E-state index contributed by atoms with van der Waals surface area (Å²) in [5.74, 6) is 0. The van der Waals surface area contributed by atoms with Gasteiger partial charge in [-0.2, -0.15) is 0 Å². The quantitative estimate of drug-likeness (QED) is 0.0942. The smallest absolute Gasteiger partial charge is 0.123 e. The molecular formula is C38H58O3. The summed E-state index contributed by atoms with van der Waals surface area (Å²) in [5, 5.41) is 0. The van der Waals surface area contributed by atoms with Gasteiger partial charge in [-0.25, -0.2) is 0 Å². The lowest BCUT2D eigenvalue weighted by Gasteiger charge is -2.44. The second-order valence-corrected chi connectivity index (χ2v) is 12.7. The molecule has 0 N–H and O–H groups in total. The van der Waals surface area contributed by atoms with E-state index in [0.29, 0.717) is 0 Å².